The van der Waals surface area contributed by atoms with E-state index in [1.54, 1.807) is 0 Å². The number of halogens is 1. The van der Waals surface area contributed by atoms with Gasteiger partial charge in [-0.05, 0) is 24.1 Å². The molecule has 0 amide bonds. The molecule has 1 saturated heterocycles. The summed E-state index contributed by atoms with van der Waals surface area (Å²) >= 11 is 6.19. The Balaban J connectivity index is 1.88. The second-order valence-corrected chi connectivity index (χ2v) is 5.24. The third-order valence-electron chi connectivity index (χ3n) is 3.27. The third kappa shape index (κ3) is 2.23. The summed E-state index contributed by atoms with van der Waals surface area (Å²) in [7, 11) is 0. The Morgan fingerprint density at radius 2 is 2.39 bits per heavy atom. The lowest BCUT2D eigenvalue weighted by molar-refractivity contribution is 0.175. The van der Waals surface area contributed by atoms with Crippen LogP contribution < -0.4 is 0 Å². The van der Waals surface area contributed by atoms with Crippen LogP contribution in [0.2, 0.25) is 5.02 Å². The number of aliphatic hydroxyl groups is 1. The minimum absolute atomic E-state index is 0.196. The second kappa shape index (κ2) is 4.53. The van der Waals surface area contributed by atoms with Crippen LogP contribution in [0.5, 0.6) is 0 Å². The van der Waals surface area contributed by atoms with Gasteiger partial charge in [0.2, 0.25) is 0 Å². The molecule has 1 atom stereocenters. The number of oxazole rings is 1. The molecule has 1 fully saturated rings. The van der Waals surface area contributed by atoms with Gasteiger partial charge < -0.3 is 9.52 Å². The highest BCUT2D eigenvalue weighted by atomic mass is 35.5. The van der Waals surface area contributed by atoms with Crippen LogP contribution in [0, 0.1) is 6.92 Å². The van der Waals surface area contributed by atoms with Crippen LogP contribution in [0.25, 0.3) is 11.1 Å². The first-order valence-electron chi connectivity index (χ1n) is 6.08. The molecule has 1 aromatic carbocycles. The topological polar surface area (TPSA) is 49.5 Å². The summed E-state index contributed by atoms with van der Waals surface area (Å²) in [6.07, 6.45) is 0.650. The van der Waals surface area contributed by atoms with Crippen molar-refractivity contribution in [2.45, 2.75) is 26.0 Å². The van der Waals surface area contributed by atoms with Gasteiger partial charge >= 0.3 is 0 Å². The van der Waals surface area contributed by atoms with Gasteiger partial charge in [0.15, 0.2) is 11.5 Å². The maximum Gasteiger partial charge on any atom is 0.192 e. The number of benzene rings is 1. The van der Waals surface area contributed by atoms with Crippen molar-refractivity contribution in [2.24, 2.45) is 0 Å². The Bertz CT molecular complexity index is 582. The van der Waals surface area contributed by atoms with Gasteiger partial charge in [0.25, 0.3) is 0 Å². The molecular formula is C13H15ClN2O2. The standard InChI is InChI=1S/C13H15ClN2O2/c1-8-15-12-5-9(4-11(14)13(12)18-8)6-16-3-2-10(17)7-16/h4-5,10,17H,2-3,6-7H2,1H3. The van der Waals surface area contributed by atoms with Gasteiger partial charge in [-0.3, -0.25) is 4.90 Å². The molecule has 0 spiro atoms. The van der Waals surface area contributed by atoms with Crippen LogP contribution >= 0.6 is 11.6 Å². The van der Waals surface area contributed by atoms with E-state index in [9.17, 15) is 5.11 Å². The van der Waals surface area contributed by atoms with Crippen LogP contribution in [0.3, 0.4) is 0 Å². The lowest BCUT2D eigenvalue weighted by atomic mass is 10.2. The third-order valence-corrected chi connectivity index (χ3v) is 3.55. The fraction of sp³-hybridized carbons (Fsp3) is 0.462. The van der Waals surface area contributed by atoms with E-state index < -0.39 is 0 Å². The van der Waals surface area contributed by atoms with E-state index >= 15 is 0 Å². The van der Waals surface area contributed by atoms with Crippen LogP contribution in [0.15, 0.2) is 16.5 Å². The molecule has 4 nitrogen and oxygen atoms in total. The molecule has 96 valence electrons. The Morgan fingerprint density at radius 1 is 1.56 bits per heavy atom. The van der Waals surface area contributed by atoms with Gasteiger partial charge in [0, 0.05) is 26.6 Å². The Hall–Kier alpha value is -1.10. The Labute approximate surface area is 110 Å². The Morgan fingerprint density at radius 3 is 3.11 bits per heavy atom. The largest absolute Gasteiger partial charge is 0.439 e. The van der Waals surface area contributed by atoms with Crippen LogP contribution in [0.4, 0.5) is 0 Å². The number of β-amino-alcohol motifs (C(OH)–C–C–N with tert-alkyl or cyclic N) is 1. The van der Waals surface area contributed by atoms with Crippen molar-refractivity contribution >= 4 is 22.7 Å². The van der Waals surface area contributed by atoms with Gasteiger partial charge in [0.05, 0.1) is 11.1 Å². The minimum atomic E-state index is -0.196. The lowest BCUT2D eigenvalue weighted by Crippen LogP contribution is -2.21. The number of hydrogen-bond acceptors (Lipinski definition) is 4. The van der Waals surface area contributed by atoms with E-state index in [1.807, 2.05) is 19.1 Å². The molecule has 1 aliphatic heterocycles. The summed E-state index contributed by atoms with van der Waals surface area (Å²) in [4.78, 5) is 6.52. The maximum atomic E-state index is 9.51. The van der Waals surface area contributed by atoms with Gasteiger partial charge in [-0.2, -0.15) is 0 Å². The SMILES string of the molecule is Cc1nc2cc(CN3CCC(O)C3)cc(Cl)c2o1. The highest BCUT2D eigenvalue weighted by molar-refractivity contribution is 6.34. The van der Waals surface area contributed by atoms with E-state index in [2.05, 4.69) is 9.88 Å². The molecule has 3 rings (SSSR count). The Kier molecular flexibility index (Phi) is 3.01. The minimum Gasteiger partial charge on any atom is -0.439 e. The normalized spacial score (nSPS) is 20.9. The quantitative estimate of drug-likeness (QED) is 0.907. The summed E-state index contributed by atoms with van der Waals surface area (Å²) < 4.78 is 5.44. The molecule has 0 radical (unpaired) electrons. The van der Waals surface area contributed by atoms with Crippen molar-refractivity contribution < 1.29 is 9.52 Å². The first-order valence-corrected chi connectivity index (χ1v) is 6.45. The molecule has 1 aromatic heterocycles. The summed E-state index contributed by atoms with van der Waals surface area (Å²) in [6.45, 7) is 4.26. The number of hydrogen-bond donors (Lipinski definition) is 1. The van der Waals surface area contributed by atoms with E-state index in [-0.39, 0.29) is 6.10 Å². The van der Waals surface area contributed by atoms with Crippen molar-refractivity contribution in [3.05, 3.63) is 28.6 Å². The smallest absolute Gasteiger partial charge is 0.192 e. The van der Waals surface area contributed by atoms with Crippen molar-refractivity contribution in [2.75, 3.05) is 13.1 Å². The first-order chi connectivity index (χ1) is 8.61. The second-order valence-electron chi connectivity index (χ2n) is 4.84. The van der Waals surface area contributed by atoms with Crippen LogP contribution in [-0.2, 0) is 6.54 Å². The number of aryl methyl sites for hydroxylation is 1. The molecule has 1 N–H and O–H groups in total. The van der Waals surface area contributed by atoms with Gasteiger partial charge in [-0.1, -0.05) is 11.6 Å². The molecule has 0 saturated carbocycles. The first kappa shape index (κ1) is 12.0. The fourth-order valence-electron chi connectivity index (χ4n) is 2.46. The predicted octanol–water partition coefficient (Wildman–Crippen LogP) is 2.36. The average molecular weight is 267 g/mol. The van der Waals surface area contributed by atoms with Crippen LogP contribution in [0.1, 0.15) is 17.9 Å². The highest BCUT2D eigenvalue weighted by Gasteiger charge is 2.20. The molecule has 0 aliphatic carbocycles. The molecule has 2 aromatic rings. The average Bonchev–Trinajstić information content (AvgIpc) is 2.85. The zero-order valence-electron chi connectivity index (χ0n) is 10.2. The number of aliphatic hydroxyl groups excluding tert-OH is 1. The summed E-state index contributed by atoms with van der Waals surface area (Å²) in [5.41, 5.74) is 2.56. The van der Waals surface area contributed by atoms with Crippen molar-refractivity contribution in [1.82, 2.24) is 9.88 Å². The number of likely N-dealkylation sites (tertiary alicyclic amines) is 1. The van der Waals surface area contributed by atoms with Crippen LogP contribution in [-0.4, -0.2) is 34.2 Å². The van der Waals surface area contributed by atoms with E-state index in [1.165, 1.54) is 0 Å². The molecule has 2 heterocycles. The zero-order chi connectivity index (χ0) is 12.7. The number of nitrogens with zero attached hydrogens (tertiary/aromatic N) is 2. The number of fused-ring (bicyclic) bond motifs is 1. The molecule has 1 unspecified atom stereocenters. The van der Waals surface area contributed by atoms with E-state index in [4.69, 9.17) is 16.0 Å². The van der Waals surface area contributed by atoms with Crippen molar-refractivity contribution in [3.63, 3.8) is 0 Å². The van der Waals surface area contributed by atoms with Crippen molar-refractivity contribution in [3.8, 4) is 0 Å². The molecule has 5 heteroatoms. The summed E-state index contributed by atoms with van der Waals surface area (Å²) in [6, 6.07) is 3.92. The van der Waals surface area contributed by atoms with E-state index in [0.717, 1.165) is 37.1 Å². The predicted molar refractivity (Wildman–Crippen MR) is 69.7 cm³/mol. The molecule has 1 aliphatic rings. The van der Waals surface area contributed by atoms with Gasteiger partial charge in [-0.25, -0.2) is 4.98 Å². The van der Waals surface area contributed by atoms with Gasteiger partial charge in [-0.15, -0.1) is 0 Å². The fourth-order valence-corrected chi connectivity index (χ4v) is 2.74. The molecule has 0 bridgehead atoms. The van der Waals surface area contributed by atoms with Gasteiger partial charge in [0.1, 0.15) is 5.52 Å². The summed E-state index contributed by atoms with van der Waals surface area (Å²) in [5.74, 6) is 0.626. The molecule has 18 heavy (non-hydrogen) atoms. The van der Waals surface area contributed by atoms with E-state index in [0.29, 0.717) is 16.5 Å². The maximum absolute atomic E-state index is 9.51. The zero-order valence-corrected chi connectivity index (χ0v) is 10.9. The summed E-state index contributed by atoms with van der Waals surface area (Å²) in [5, 5.41) is 10.1. The molecular weight excluding hydrogens is 252 g/mol. The number of rotatable bonds is 2. The van der Waals surface area contributed by atoms with Crippen molar-refractivity contribution in [1.29, 1.82) is 0 Å². The lowest BCUT2D eigenvalue weighted by Gasteiger charge is -2.14. The highest BCUT2D eigenvalue weighted by Crippen LogP contribution is 2.27. The number of aromatic nitrogens is 1. The monoisotopic (exact) mass is 266 g/mol.